The molecule has 14 heavy (non-hydrogen) atoms. The minimum atomic E-state index is -0.585. The molecule has 2 aromatic heterocycles. The highest BCUT2D eigenvalue weighted by atomic mass is 79.9. The maximum absolute atomic E-state index is 9.44. The van der Waals surface area contributed by atoms with Crippen LogP contribution in [0.4, 0.5) is 0 Å². The van der Waals surface area contributed by atoms with Crippen LogP contribution in [-0.4, -0.2) is 10.1 Å². The lowest BCUT2D eigenvalue weighted by atomic mass is 10.1. The van der Waals surface area contributed by atoms with Crippen molar-refractivity contribution >= 4 is 49.1 Å². The average Bonchev–Trinajstić information content (AvgIpc) is 2.42. The summed E-state index contributed by atoms with van der Waals surface area (Å²) in [6.45, 7) is 1.68. The fourth-order valence-corrected chi connectivity index (χ4v) is 3.03. The maximum atomic E-state index is 9.44. The SMILES string of the molecule is C[C@H](O)c1cc2cc(Br)sc2nc1Cl. The van der Waals surface area contributed by atoms with E-state index in [9.17, 15) is 5.11 Å². The van der Waals surface area contributed by atoms with Crippen molar-refractivity contribution < 1.29 is 5.11 Å². The summed E-state index contributed by atoms with van der Waals surface area (Å²) in [4.78, 5) is 5.09. The van der Waals surface area contributed by atoms with E-state index in [1.807, 2.05) is 12.1 Å². The van der Waals surface area contributed by atoms with E-state index in [0.717, 1.165) is 14.0 Å². The molecule has 2 heterocycles. The van der Waals surface area contributed by atoms with E-state index in [2.05, 4.69) is 20.9 Å². The molecule has 2 nitrogen and oxygen atoms in total. The smallest absolute Gasteiger partial charge is 0.136 e. The Morgan fingerprint density at radius 2 is 2.29 bits per heavy atom. The van der Waals surface area contributed by atoms with Gasteiger partial charge in [-0.05, 0) is 35.0 Å². The molecule has 0 aliphatic carbocycles. The summed E-state index contributed by atoms with van der Waals surface area (Å²) in [6.07, 6.45) is -0.585. The molecular formula is C9H7BrClNOS. The number of fused-ring (bicyclic) bond motifs is 1. The van der Waals surface area contributed by atoms with Crippen molar-refractivity contribution in [3.63, 3.8) is 0 Å². The van der Waals surface area contributed by atoms with Gasteiger partial charge in [0.15, 0.2) is 0 Å². The van der Waals surface area contributed by atoms with Gasteiger partial charge in [0, 0.05) is 10.9 Å². The largest absolute Gasteiger partial charge is 0.389 e. The third-order valence-corrected chi connectivity index (χ3v) is 3.76. The molecule has 1 N–H and O–H groups in total. The van der Waals surface area contributed by atoms with Crippen LogP contribution in [0, 0.1) is 0 Å². The monoisotopic (exact) mass is 291 g/mol. The Morgan fingerprint density at radius 1 is 1.57 bits per heavy atom. The summed E-state index contributed by atoms with van der Waals surface area (Å²) in [6, 6.07) is 3.84. The number of rotatable bonds is 1. The molecule has 2 aromatic rings. The Balaban J connectivity index is 2.70. The first kappa shape index (κ1) is 10.4. The Kier molecular flexibility index (Phi) is 2.79. The van der Waals surface area contributed by atoms with Gasteiger partial charge in [0.25, 0.3) is 0 Å². The molecule has 0 radical (unpaired) electrons. The van der Waals surface area contributed by atoms with E-state index in [0.29, 0.717) is 10.7 Å². The zero-order valence-corrected chi connectivity index (χ0v) is 10.4. The summed E-state index contributed by atoms with van der Waals surface area (Å²) in [7, 11) is 0. The van der Waals surface area contributed by atoms with Gasteiger partial charge in [0.1, 0.15) is 9.98 Å². The van der Waals surface area contributed by atoms with Crippen molar-refractivity contribution in [1.29, 1.82) is 0 Å². The Bertz CT molecular complexity index is 483. The predicted octanol–water partition coefficient (Wildman–Crippen LogP) is 3.77. The summed E-state index contributed by atoms with van der Waals surface area (Å²) in [5, 5.41) is 10.8. The van der Waals surface area contributed by atoms with Gasteiger partial charge in [-0.1, -0.05) is 11.6 Å². The summed E-state index contributed by atoms with van der Waals surface area (Å²) in [5.74, 6) is 0. The fourth-order valence-electron chi connectivity index (χ4n) is 1.23. The van der Waals surface area contributed by atoms with E-state index in [1.165, 1.54) is 11.3 Å². The number of aliphatic hydroxyl groups excluding tert-OH is 1. The van der Waals surface area contributed by atoms with Gasteiger partial charge in [-0.15, -0.1) is 11.3 Å². The quantitative estimate of drug-likeness (QED) is 0.812. The second-order valence-corrected chi connectivity index (χ2v) is 5.76. The number of hydrogen-bond donors (Lipinski definition) is 1. The normalized spacial score (nSPS) is 13.4. The standard InChI is InChI=1S/C9H7BrClNOS/c1-4(13)6-2-5-3-7(10)14-9(5)12-8(6)11/h2-4,13H,1H3/t4-/m0/s1. The maximum Gasteiger partial charge on any atom is 0.136 e. The van der Waals surface area contributed by atoms with Crippen LogP contribution < -0.4 is 0 Å². The summed E-state index contributed by atoms with van der Waals surface area (Å²) < 4.78 is 1.01. The van der Waals surface area contributed by atoms with E-state index >= 15 is 0 Å². The van der Waals surface area contributed by atoms with Gasteiger partial charge >= 0.3 is 0 Å². The zero-order chi connectivity index (χ0) is 10.3. The molecule has 1 atom stereocenters. The first-order chi connectivity index (χ1) is 6.58. The molecule has 0 saturated heterocycles. The second kappa shape index (κ2) is 3.77. The van der Waals surface area contributed by atoms with Crippen molar-refractivity contribution in [3.8, 4) is 0 Å². The van der Waals surface area contributed by atoms with E-state index in [1.54, 1.807) is 6.92 Å². The number of thiophene rings is 1. The van der Waals surface area contributed by atoms with Crippen LogP contribution in [0.3, 0.4) is 0 Å². The molecule has 0 unspecified atom stereocenters. The van der Waals surface area contributed by atoms with Gasteiger partial charge in [-0.2, -0.15) is 0 Å². The number of aliphatic hydroxyl groups is 1. The fraction of sp³-hybridized carbons (Fsp3) is 0.222. The van der Waals surface area contributed by atoms with Gasteiger partial charge in [-0.3, -0.25) is 0 Å². The molecule has 0 aromatic carbocycles. The van der Waals surface area contributed by atoms with Crippen LogP contribution in [0.5, 0.6) is 0 Å². The number of nitrogens with zero attached hydrogens (tertiary/aromatic N) is 1. The molecule has 0 spiro atoms. The number of aromatic nitrogens is 1. The molecule has 74 valence electrons. The van der Waals surface area contributed by atoms with E-state index in [-0.39, 0.29) is 0 Å². The Labute approximate surface area is 98.7 Å². The molecule has 5 heteroatoms. The van der Waals surface area contributed by atoms with Crippen molar-refractivity contribution in [2.24, 2.45) is 0 Å². The van der Waals surface area contributed by atoms with Crippen molar-refractivity contribution in [2.45, 2.75) is 13.0 Å². The van der Waals surface area contributed by atoms with Crippen molar-refractivity contribution in [1.82, 2.24) is 4.98 Å². The van der Waals surface area contributed by atoms with E-state index < -0.39 is 6.10 Å². The molecule has 0 fully saturated rings. The van der Waals surface area contributed by atoms with Gasteiger partial charge < -0.3 is 5.11 Å². The molecule has 2 rings (SSSR count). The van der Waals surface area contributed by atoms with Crippen molar-refractivity contribution in [3.05, 3.63) is 26.6 Å². The van der Waals surface area contributed by atoms with Crippen LogP contribution in [0.25, 0.3) is 10.2 Å². The lowest BCUT2D eigenvalue weighted by Gasteiger charge is -2.05. The predicted molar refractivity (Wildman–Crippen MR) is 63.0 cm³/mol. The van der Waals surface area contributed by atoms with Crippen LogP contribution in [0.1, 0.15) is 18.6 Å². The van der Waals surface area contributed by atoms with Gasteiger partial charge in [0.05, 0.1) is 9.89 Å². The van der Waals surface area contributed by atoms with E-state index in [4.69, 9.17) is 11.6 Å². The zero-order valence-electron chi connectivity index (χ0n) is 7.29. The number of halogens is 2. The molecule has 0 aliphatic heterocycles. The average molecular weight is 293 g/mol. The topological polar surface area (TPSA) is 33.1 Å². The molecular weight excluding hydrogens is 286 g/mol. The summed E-state index contributed by atoms with van der Waals surface area (Å²) >= 11 is 10.8. The molecule has 0 aliphatic rings. The minimum absolute atomic E-state index is 0.377. The first-order valence-corrected chi connectivity index (χ1v) is 6.00. The van der Waals surface area contributed by atoms with Crippen LogP contribution in [0.2, 0.25) is 5.15 Å². The second-order valence-electron chi connectivity index (χ2n) is 2.99. The Morgan fingerprint density at radius 3 is 2.93 bits per heavy atom. The third kappa shape index (κ3) is 1.80. The van der Waals surface area contributed by atoms with Crippen LogP contribution in [0.15, 0.2) is 15.9 Å². The number of hydrogen-bond acceptors (Lipinski definition) is 3. The van der Waals surface area contributed by atoms with Gasteiger partial charge in [0.2, 0.25) is 0 Å². The van der Waals surface area contributed by atoms with Crippen molar-refractivity contribution in [2.75, 3.05) is 0 Å². The highest BCUT2D eigenvalue weighted by molar-refractivity contribution is 9.11. The highest BCUT2D eigenvalue weighted by Crippen LogP contribution is 2.32. The minimum Gasteiger partial charge on any atom is -0.389 e. The molecule has 0 amide bonds. The third-order valence-electron chi connectivity index (χ3n) is 1.91. The highest BCUT2D eigenvalue weighted by Gasteiger charge is 2.11. The first-order valence-electron chi connectivity index (χ1n) is 4.01. The lowest BCUT2D eigenvalue weighted by molar-refractivity contribution is 0.199. The van der Waals surface area contributed by atoms with Gasteiger partial charge in [-0.25, -0.2) is 4.98 Å². The van der Waals surface area contributed by atoms with Crippen LogP contribution in [-0.2, 0) is 0 Å². The van der Waals surface area contributed by atoms with Crippen LogP contribution >= 0.6 is 38.9 Å². The lowest BCUT2D eigenvalue weighted by Crippen LogP contribution is -1.93. The summed E-state index contributed by atoms with van der Waals surface area (Å²) in [5.41, 5.74) is 0.671. The molecule has 0 bridgehead atoms. The molecule has 0 saturated carbocycles. The number of pyridine rings is 1. The Hall–Kier alpha value is -0.160.